The van der Waals surface area contributed by atoms with E-state index >= 15 is 0 Å². The second-order valence-electron chi connectivity index (χ2n) is 6.96. The third kappa shape index (κ3) is 3.98. The van der Waals surface area contributed by atoms with E-state index in [0.717, 1.165) is 61.2 Å². The predicted molar refractivity (Wildman–Crippen MR) is 109 cm³/mol. The molecule has 28 heavy (non-hydrogen) atoms. The Bertz CT molecular complexity index is 901. The average Bonchev–Trinajstić information content (AvgIpc) is 3.13. The molecular formula is C22H27N3O3. The van der Waals surface area contributed by atoms with Crippen molar-refractivity contribution >= 4 is 11.0 Å². The third-order valence-electron chi connectivity index (χ3n) is 5.29. The Kier molecular flexibility index (Phi) is 5.78. The second-order valence-corrected chi connectivity index (χ2v) is 6.96. The molecule has 0 bridgehead atoms. The summed E-state index contributed by atoms with van der Waals surface area (Å²) in [4.78, 5) is 7.38. The number of ether oxygens (including phenoxy) is 3. The van der Waals surface area contributed by atoms with Crippen LogP contribution in [0.4, 0.5) is 0 Å². The van der Waals surface area contributed by atoms with Crippen molar-refractivity contribution in [2.45, 2.75) is 19.5 Å². The summed E-state index contributed by atoms with van der Waals surface area (Å²) >= 11 is 0. The molecule has 1 fully saturated rings. The zero-order valence-corrected chi connectivity index (χ0v) is 16.5. The fourth-order valence-electron chi connectivity index (χ4n) is 3.70. The summed E-state index contributed by atoms with van der Waals surface area (Å²) in [6, 6.07) is 16.2. The number of benzene rings is 2. The summed E-state index contributed by atoms with van der Waals surface area (Å²) in [5, 5.41) is 0. The Balaban J connectivity index is 1.52. The Morgan fingerprint density at radius 1 is 1.04 bits per heavy atom. The van der Waals surface area contributed by atoms with Gasteiger partial charge in [0.1, 0.15) is 23.9 Å². The SMILES string of the molecule is COc1ccc(OCCn2c([C@H](C)N3CCOCC3)nc3ccccc32)cc1. The number of hydrogen-bond donors (Lipinski definition) is 0. The lowest BCUT2D eigenvalue weighted by Gasteiger charge is -2.32. The van der Waals surface area contributed by atoms with E-state index < -0.39 is 0 Å². The number of morpholine rings is 1. The van der Waals surface area contributed by atoms with E-state index in [1.54, 1.807) is 7.11 Å². The van der Waals surface area contributed by atoms with Crippen molar-refractivity contribution < 1.29 is 14.2 Å². The predicted octanol–water partition coefficient (Wildman–Crippen LogP) is 3.52. The van der Waals surface area contributed by atoms with Crippen LogP contribution in [0.3, 0.4) is 0 Å². The molecule has 1 saturated heterocycles. The first-order valence-corrected chi connectivity index (χ1v) is 9.80. The van der Waals surface area contributed by atoms with Gasteiger partial charge in [-0.1, -0.05) is 12.1 Å². The average molecular weight is 381 g/mol. The van der Waals surface area contributed by atoms with E-state index in [2.05, 4.69) is 34.6 Å². The molecule has 0 amide bonds. The van der Waals surface area contributed by atoms with Crippen LogP contribution in [0.5, 0.6) is 11.5 Å². The molecule has 1 aliphatic rings. The molecule has 0 aliphatic carbocycles. The van der Waals surface area contributed by atoms with E-state index in [4.69, 9.17) is 19.2 Å². The highest BCUT2D eigenvalue weighted by molar-refractivity contribution is 5.76. The van der Waals surface area contributed by atoms with Crippen molar-refractivity contribution in [2.24, 2.45) is 0 Å². The van der Waals surface area contributed by atoms with E-state index in [1.165, 1.54) is 0 Å². The smallest absolute Gasteiger partial charge is 0.127 e. The summed E-state index contributed by atoms with van der Waals surface area (Å²) in [5.74, 6) is 2.75. The van der Waals surface area contributed by atoms with Crippen LogP contribution in [0.15, 0.2) is 48.5 Å². The van der Waals surface area contributed by atoms with Crippen molar-refractivity contribution in [1.29, 1.82) is 0 Å². The highest BCUT2D eigenvalue weighted by atomic mass is 16.5. The van der Waals surface area contributed by atoms with Gasteiger partial charge < -0.3 is 18.8 Å². The van der Waals surface area contributed by atoms with E-state index in [-0.39, 0.29) is 6.04 Å². The number of imidazole rings is 1. The normalized spacial score (nSPS) is 16.2. The summed E-state index contributed by atoms with van der Waals surface area (Å²) in [5.41, 5.74) is 2.18. The second kappa shape index (κ2) is 8.63. The molecule has 3 aromatic rings. The molecule has 148 valence electrons. The van der Waals surface area contributed by atoms with Gasteiger partial charge in [0, 0.05) is 13.1 Å². The van der Waals surface area contributed by atoms with Crippen LogP contribution in [0.2, 0.25) is 0 Å². The maximum absolute atomic E-state index is 5.97. The number of hydrogen-bond acceptors (Lipinski definition) is 5. The molecule has 1 atom stereocenters. The van der Waals surface area contributed by atoms with Gasteiger partial charge in [-0.15, -0.1) is 0 Å². The molecule has 6 nitrogen and oxygen atoms in total. The van der Waals surface area contributed by atoms with Crippen molar-refractivity contribution in [3.8, 4) is 11.5 Å². The standard InChI is InChI=1S/C22H27N3O3/c1-17(24-11-14-27-15-12-24)22-23-20-5-3-4-6-21(20)25(22)13-16-28-19-9-7-18(26-2)8-10-19/h3-10,17H,11-16H2,1-2H3/t17-/m0/s1. The maximum Gasteiger partial charge on any atom is 0.127 e. The number of para-hydroxylation sites is 2. The van der Waals surface area contributed by atoms with Gasteiger partial charge in [0.25, 0.3) is 0 Å². The minimum absolute atomic E-state index is 0.234. The zero-order valence-electron chi connectivity index (χ0n) is 16.5. The molecule has 0 N–H and O–H groups in total. The Morgan fingerprint density at radius 3 is 2.50 bits per heavy atom. The largest absolute Gasteiger partial charge is 0.497 e. The molecule has 1 aromatic heterocycles. The first kappa shape index (κ1) is 18.8. The van der Waals surface area contributed by atoms with Gasteiger partial charge in [0.2, 0.25) is 0 Å². The first-order valence-electron chi connectivity index (χ1n) is 9.80. The summed E-state index contributed by atoms with van der Waals surface area (Å²) in [7, 11) is 1.66. The van der Waals surface area contributed by atoms with E-state index in [0.29, 0.717) is 6.61 Å². The van der Waals surface area contributed by atoms with Crippen molar-refractivity contribution in [3.05, 3.63) is 54.4 Å². The van der Waals surface area contributed by atoms with Gasteiger partial charge in [0.05, 0.1) is 43.9 Å². The number of aromatic nitrogens is 2. The molecule has 1 aliphatic heterocycles. The molecule has 0 unspecified atom stereocenters. The molecule has 4 rings (SSSR count). The lowest BCUT2D eigenvalue weighted by molar-refractivity contribution is 0.0175. The van der Waals surface area contributed by atoms with E-state index in [9.17, 15) is 0 Å². The number of rotatable bonds is 7. The van der Waals surface area contributed by atoms with Gasteiger partial charge in [-0.2, -0.15) is 0 Å². The molecule has 2 heterocycles. The summed E-state index contributed by atoms with van der Waals surface area (Å²) in [6.45, 7) is 7.00. The summed E-state index contributed by atoms with van der Waals surface area (Å²) < 4.78 is 19.0. The van der Waals surface area contributed by atoms with Gasteiger partial charge in [-0.05, 0) is 43.3 Å². The summed E-state index contributed by atoms with van der Waals surface area (Å²) in [6.07, 6.45) is 0. The minimum Gasteiger partial charge on any atom is -0.497 e. The van der Waals surface area contributed by atoms with Gasteiger partial charge in [-0.3, -0.25) is 4.90 Å². The van der Waals surface area contributed by atoms with Crippen LogP contribution in [-0.4, -0.2) is 54.5 Å². The third-order valence-corrected chi connectivity index (χ3v) is 5.29. The fraction of sp³-hybridized carbons (Fsp3) is 0.409. The molecule has 0 spiro atoms. The van der Waals surface area contributed by atoms with Crippen LogP contribution in [0.1, 0.15) is 18.8 Å². The molecule has 6 heteroatoms. The van der Waals surface area contributed by atoms with E-state index in [1.807, 2.05) is 30.3 Å². The topological polar surface area (TPSA) is 48.8 Å². The van der Waals surface area contributed by atoms with Crippen molar-refractivity contribution in [3.63, 3.8) is 0 Å². The van der Waals surface area contributed by atoms with Gasteiger partial charge in [-0.25, -0.2) is 4.98 Å². The first-order chi connectivity index (χ1) is 13.8. The fourth-order valence-corrected chi connectivity index (χ4v) is 3.70. The number of methoxy groups -OCH3 is 1. The van der Waals surface area contributed by atoms with Crippen molar-refractivity contribution in [1.82, 2.24) is 14.5 Å². The molecular weight excluding hydrogens is 354 g/mol. The number of fused-ring (bicyclic) bond motifs is 1. The Morgan fingerprint density at radius 2 is 1.75 bits per heavy atom. The highest BCUT2D eigenvalue weighted by Crippen LogP contribution is 2.25. The van der Waals surface area contributed by atoms with Crippen LogP contribution in [0, 0.1) is 0 Å². The lowest BCUT2D eigenvalue weighted by atomic mass is 10.2. The van der Waals surface area contributed by atoms with Crippen LogP contribution in [0.25, 0.3) is 11.0 Å². The molecule has 2 aromatic carbocycles. The van der Waals surface area contributed by atoms with Crippen molar-refractivity contribution in [2.75, 3.05) is 40.0 Å². The lowest BCUT2D eigenvalue weighted by Crippen LogP contribution is -2.39. The van der Waals surface area contributed by atoms with Crippen LogP contribution in [-0.2, 0) is 11.3 Å². The van der Waals surface area contributed by atoms with Crippen LogP contribution < -0.4 is 9.47 Å². The highest BCUT2D eigenvalue weighted by Gasteiger charge is 2.24. The van der Waals surface area contributed by atoms with Gasteiger partial charge >= 0.3 is 0 Å². The van der Waals surface area contributed by atoms with Crippen LogP contribution >= 0.6 is 0 Å². The monoisotopic (exact) mass is 381 g/mol. The Hall–Kier alpha value is -2.57. The quantitative estimate of drug-likeness (QED) is 0.627. The zero-order chi connectivity index (χ0) is 19.3. The minimum atomic E-state index is 0.234. The molecule has 0 radical (unpaired) electrons. The van der Waals surface area contributed by atoms with Gasteiger partial charge in [0.15, 0.2) is 0 Å². The Labute approximate surface area is 165 Å². The number of nitrogens with zero attached hydrogens (tertiary/aromatic N) is 3. The maximum atomic E-state index is 5.97. The molecule has 0 saturated carbocycles.